The Morgan fingerprint density at radius 1 is 1.36 bits per heavy atom. The van der Waals surface area contributed by atoms with Gasteiger partial charge in [0.15, 0.2) is 0 Å². The van der Waals surface area contributed by atoms with Crippen LogP contribution < -0.4 is 29.6 Å². The molecule has 0 unspecified atom stereocenters. The number of hydrogen-bond donors (Lipinski definition) is 1. The number of benzene rings is 1. The molecule has 54 valence electrons. The van der Waals surface area contributed by atoms with Gasteiger partial charge in [0.05, 0.1) is 5.56 Å². The smallest absolute Gasteiger partial charge is 1.00 e. The number of hydrogen-bond acceptors (Lipinski definition) is 1. The number of carboxylic acid groups (broad SMARTS) is 1. The van der Waals surface area contributed by atoms with E-state index in [-0.39, 0.29) is 31.0 Å². The van der Waals surface area contributed by atoms with Crippen molar-refractivity contribution in [3.05, 3.63) is 34.3 Å². The zero-order valence-electron chi connectivity index (χ0n) is 7.04. The minimum atomic E-state index is -0.896. The Bertz CT molecular complexity index is 250. The summed E-state index contributed by atoms with van der Waals surface area (Å²) in [5, 5.41) is 8.46. The second-order valence-corrected chi connectivity index (χ2v) is 2.73. The molecule has 1 aromatic carbocycles. The van der Waals surface area contributed by atoms with Crippen molar-refractivity contribution in [2.75, 3.05) is 0 Å². The van der Waals surface area contributed by atoms with Gasteiger partial charge in [0.1, 0.15) is 0 Å². The van der Waals surface area contributed by atoms with E-state index in [9.17, 15) is 4.79 Å². The van der Waals surface area contributed by atoms with Crippen molar-refractivity contribution >= 4 is 21.9 Å². The Hall–Kier alpha value is 0.170. The van der Waals surface area contributed by atoms with E-state index in [0.717, 1.165) is 4.47 Å². The van der Waals surface area contributed by atoms with Crippen LogP contribution in [0.5, 0.6) is 0 Å². The summed E-state index contributed by atoms with van der Waals surface area (Å²) >= 11 is 3.20. The molecule has 0 radical (unpaired) electrons. The number of rotatable bonds is 1. The molecule has 0 saturated heterocycles. The maximum absolute atomic E-state index is 10.3. The fourth-order valence-corrected chi connectivity index (χ4v) is 0.857. The SMILES string of the molecule is O=C(O)c1ccc(Br)cc1.[H-].[Na+]. The predicted molar refractivity (Wildman–Crippen MR) is 42.2 cm³/mol. The molecule has 0 aliphatic heterocycles. The normalized spacial score (nSPS) is 8.45. The quantitative estimate of drug-likeness (QED) is 0.639. The standard InChI is InChI=1S/C7H5BrO2.Na.H/c8-6-3-1-5(2-4-6)7(9)10;;/h1-4H,(H,9,10);;/q;+1;-1. The van der Waals surface area contributed by atoms with E-state index >= 15 is 0 Å². The number of halogens is 1. The van der Waals surface area contributed by atoms with Gasteiger partial charge in [-0.05, 0) is 24.3 Å². The van der Waals surface area contributed by atoms with Crippen LogP contribution in [0.15, 0.2) is 28.7 Å². The van der Waals surface area contributed by atoms with Gasteiger partial charge in [-0.3, -0.25) is 0 Å². The first-order valence-electron chi connectivity index (χ1n) is 2.69. The third-order valence-corrected chi connectivity index (χ3v) is 1.62. The first-order valence-corrected chi connectivity index (χ1v) is 3.48. The molecule has 0 atom stereocenters. The second kappa shape index (κ2) is 4.93. The third kappa shape index (κ3) is 3.38. The van der Waals surface area contributed by atoms with Crippen LogP contribution in [0.1, 0.15) is 11.8 Å². The van der Waals surface area contributed by atoms with Gasteiger partial charge in [0.25, 0.3) is 0 Å². The fourth-order valence-electron chi connectivity index (χ4n) is 0.592. The molecular weight excluding hydrogens is 219 g/mol. The van der Waals surface area contributed by atoms with E-state index in [4.69, 9.17) is 5.11 Å². The van der Waals surface area contributed by atoms with Gasteiger partial charge in [-0.25, -0.2) is 4.79 Å². The minimum Gasteiger partial charge on any atom is -1.00 e. The summed E-state index contributed by atoms with van der Waals surface area (Å²) in [6.07, 6.45) is 0. The Labute approximate surface area is 96.5 Å². The molecule has 1 aromatic rings. The van der Waals surface area contributed by atoms with Crippen LogP contribution in [0.3, 0.4) is 0 Å². The van der Waals surface area contributed by atoms with Crippen LogP contribution in [-0.2, 0) is 0 Å². The topological polar surface area (TPSA) is 37.3 Å². The third-order valence-electron chi connectivity index (χ3n) is 1.09. The zero-order chi connectivity index (χ0) is 7.56. The fraction of sp³-hybridized carbons (Fsp3) is 0. The monoisotopic (exact) mass is 224 g/mol. The summed E-state index contributed by atoms with van der Waals surface area (Å²) in [5.74, 6) is -0.896. The molecule has 11 heavy (non-hydrogen) atoms. The number of carboxylic acids is 1. The molecule has 1 rings (SSSR count). The Morgan fingerprint density at radius 3 is 2.18 bits per heavy atom. The van der Waals surface area contributed by atoms with Crippen LogP contribution >= 0.6 is 15.9 Å². The largest absolute Gasteiger partial charge is 1.00 e. The van der Waals surface area contributed by atoms with Gasteiger partial charge in [-0.2, -0.15) is 0 Å². The van der Waals surface area contributed by atoms with Crippen LogP contribution in [0.25, 0.3) is 0 Å². The summed E-state index contributed by atoms with van der Waals surface area (Å²) in [6.45, 7) is 0. The van der Waals surface area contributed by atoms with E-state index in [1.54, 1.807) is 24.3 Å². The number of carbonyl (C=O) groups is 1. The average molecular weight is 225 g/mol. The molecule has 0 spiro atoms. The van der Waals surface area contributed by atoms with Crippen molar-refractivity contribution in [3.8, 4) is 0 Å². The zero-order valence-corrected chi connectivity index (χ0v) is 9.63. The summed E-state index contributed by atoms with van der Waals surface area (Å²) in [4.78, 5) is 10.3. The molecule has 0 fully saturated rings. The average Bonchev–Trinajstić information content (AvgIpc) is 1.88. The Balaban J connectivity index is 0. The van der Waals surface area contributed by atoms with Crippen molar-refractivity contribution in [3.63, 3.8) is 0 Å². The molecule has 0 aliphatic rings. The van der Waals surface area contributed by atoms with Crippen LogP contribution in [0, 0.1) is 0 Å². The molecule has 0 aromatic heterocycles. The van der Waals surface area contributed by atoms with Gasteiger partial charge in [0.2, 0.25) is 0 Å². The van der Waals surface area contributed by atoms with Gasteiger partial charge >= 0.3 is 35.5 Å². The molecule has 0 bridgehead atoms. The van der Waals surface area contributed by atoms with E-state index in [2.05, 4.69) is 15.9 Å². The van der Waals surface area contributed by atoms with Gasteiger partial charge < -0.3 is 6.53 Å². The van der Waals surface area contributed by atoms with Gasteiger partial charge in [-0.15, -0.1) is 0 Å². The van der Waals surface area contributed by atoms with Crippen molar-refractivity contribution < 1.29 is 40.9 Å². The maximum Gasteiger partial charge on any atom is 1.00 e. The van der Waals surface area contributed by atoms with Crippen molar-refractivity contribution in [2.45, 2.75) is 0 Å². The van der Waals surface area contributed by atoms with E-state index < -0.39 is 5.97 Å². The van der Waals surface area contributed by atoms with Gasteiger partial charge in [0, 0.05) is 4.47 Å². The summed E-state index contributed by atoms with van der Waals surface area (Å²) in [7, 11) is 0. The molecule has 1 N–H and O–H groups in total. The second-order valence-electron chi connectivity index (χ2n) is 1.81. The van der Waals surface area contributed by atoms with E-state index in [0.29, 0.717) is 5.56 Å². The van der Waals surface area contributed by atoms with E-state index in [1.807, 2.05) is 0 Å². The van der Waals surface area contributed by atoms with Crippen LogP contribution in [0.4, 0.5) is 0 Å². The maximum atomic E-state index is 10.3. The molecule has 4 heteroatoms. The molecular formula is C7H6BrNaO2. The number of aromatic carboxylic acids is 1. The summed E-state index contributed by atoms with van der Waals surface area (Å²) in [5.41, 5.74) is 0.309. The molecule has 0 heterocycles. The Kier molecular flexibility index (Phi) is 5.01. The minimum absolute atomic E-state index is 0. The van der Waals surface area contributed by atoms with Crippen molar-refractivity contribution in [1.82, 2.24) is 0 Å². The van der Waals surface area contributed by atoms with Crippen molar-refractivity contribution in [1.29, 1.82) is 0 Å². The van der Waals surface area contributed by atoms with Gasteiger partial charge in [-0.1, -0.05) is 15.9 Å². The Morgan fingerprint density at radius 2 is 1.82 bits per heavy atom. The predicted octanol–water partition coefficient (Wildman–Crippen LogP) is -0.736. The van der Waals surface area contributed by atoms with E-state index in [1.165, 1.54) is 0 Å². The van der Waals surface area contributed by atoms with Crippen molar-refractivity contribution in [2.24, 2.45) is 0 Å². The van der Waals surface area contributed by atoms with Crippen LogP contribution in [0.2, 0.25) is 0 Å². The summed E-state index contributed by atoms with van der Waals surface area (Å²) < 4.78 is 0.887. The molecule has 0 aliphatic carbocycles. The molecule has 0 saturated carbocycles. The summed E-state index contributed by atoms with van der Waals surface area (Å²) in [6, 6.07) is 6.49. The van der Waals surface area contributed by atoms with Crippen LogP contribution in [-0.4, -0.2) is 11.1 Å². The molecule has 2 nitrogen and oxygen atoms in total. The first kappa shape index (κ1) is 11.2. The molecule has 0 amide bonds. The first-order chi connectivity index (χ1) is 4.70.